The number of aliphatic carboxylic acids is 1. The second kappa shape index (κ2) is 10.8. The fraction of sp³-hybridized carbons (Fsp3) is 0.762. The van der Waals surface area contributed by atoms with Crippen molar-refractivity contribution in [1.82, 2.24) is 0 Å². The highest BCUT2D eigenvalue weighted by Crippen LogP contribution is 2.36. The lowest BCUT2D eigenvalue weighted by Crippen LogP contribution is -2.18. The van der Waals surface area contributed by atoms with Gasteiger partial charge in [0.25, 0.3) is 0 Å². The third-order valence-electron chi connectivity index (χ3n) is 5.81. The molecule has 0 aromatic rings. The van der Waals surface area contributed by atoms with Gasteiger partial charge in [-0.2, -0.15) is 0 Å². The molecule has 3 N–H and O–H groups in total. The van der Waals surface area contributed by atoms with Gasteiger partial charge in [-0.25, -0.2) is 0 Å². The summed E-state index contributed by atoms with van der Waals surface area (Å²) >= 11 is 0. The van der Waals surface area contributed by atoms with Crippen molar-refractivity contribution in [3.63, 3.8) is 0 Å². The van der Waals surface area contributed by atoms with Crippen molar-refractivity contribution in [3.8, 4) is 0 Å². The van der Waals surface area contributed by atoms with Gasteiger partial charge < -0.3 is 15.3 Å². The smallest absolute Gasteiger partial charge is 0.303 e. The number of unbranched alkanes of at least 4 members (excludes halogenated alkanes) is 1. The minimum absolute atomic E-state index is 0.209. The number of carbonyl (C=O) groups is 1. The number of carboxylic acid groups (broad SMARTS) is 1. The standard InChI is InChI=1S/C21H34O4/c22-18(15-16-7-5-6-8-16)13-11-17-12-14-20(23)19(17)9-3-1-2-4-10-21(24)25/h1,3,11,13,16-20,22-23H,2,4-10,12,14-15H2,(H,24,25)/b3-1-,13-11+/t17-,18?,19+,20-/m0/s1. The van der Waals surface area contributed by atoms with E-state index in [0.717, 1.165) is 32.1 Å². The van der Waals surface area contributed by atoms with Crippen molar-refractivity contribution >= 4 is 5.97 Å². The van der Waals surface area contributed by atoms with E-state index in [1.54, 1.807) is 0 Å². The van der Waals surface area contributed by atoms with E-state index in [9.17, 15) is 15.0 Å². The number of rotatable bonds is 10. The van der Waals surface area contributed by atoms with Crippen LogP contribution in [-0.2, 0) is 4.79 Å². The Morgan fingerprint density at radius 3 is 2.60 bits per heavy atom. The van der Waals surface area contributed by atoms with E-state index >= 15 is 0 Å². The minimum atomic E-state index is -0.749. The Kier molecular flexibility index (Phi) is 8.70. The van der Waals surface area contributed by atoms with Crippen molar-refractivity contribution in [1.29, 1.82) is 0 Å². The molecule has 0 aliphatic heterocycles. The summed E-state index contributed by atoms with van der Waals surface area (Å²) in [6, 6.07) is 0. The Morgan fingerprint density at radius 2 is 1.88 bits per heavy atom. The second-order valence-corrected chi connectivity index (χ2v) is 7.80. The molecule has 4 nitrogen and oxygen atoms in total. The summed E-state index contributed by atoms with van der Waals surface area (Å²) in [7, 11) is 0. The molecule has 0 heterocycles. The molecule has 2 saturated carbocycles. The number of carboxylic acids is 1. The molecule has 0 bridgehead atoms. The fourth-order valence-corrected chi connectivity index (χ4v) is 4.33. The SMILES string of the molecule is O=C(O)CCC/C=C\C[C@H]1[C@@H](O)CC[C@@H]1/C=C/C(O)CC1CCCC1. The minimum Gasteiger partial charge on any atom is -0.481 e. The van der Waals surface area contributed by atoms with Gasteiger partial charge in [0.15, 0.2) is 0 Å². The molecule has 1 unspecified atom stereocenters. The van der Waals surface area contributed by atoms with Crippen molar-refractivity contribution in [2.24, 2.45) is 17.8 Å². The van der Waals surface area contributed by atoms with E-state index < -0.39 is 5.97 Å². The highest BCUT2D eigenvalue weighted by Gasteiger charge is 2.32. The maximum atomic E-state index is 10.5. The predicted octanol–water partition coefficient (Wildman–Crippen LogP) is 4.07. The molecule has 2 rings (SSSR count). The Morgan fingerprint density at radius 1 is 1.12 bits per heavy atom. The first-order chi connectivity index (χ1) is 12.1. The van der Waals surface area contributed by atoms with Crippen LogP contribution in [-0.4, -0.2) is 33.5 Å². The summed E-state index contributed by atoms with van der Waals surface area (Å²) in [5, 5.41) is 29.1. The van der Waals surface area contributed by atoms with Crippen LogP contribution in [0.25, 0.3) is 0 Å². The molecule has 4 atom stereocenters. The Labute approximate surface area is 151 Å². The summed E-state index contributed by atoms with van der Waals surface area (Å²) in [6.07, 6.45) is 17.8. The van der Waals surface area contributed by atoms with Crippen LogP contribution in [0.2, 0.25) is 0 Å². The topological polar surface area (TPSA) is 77.8 Å². The molecule has 2 fully saturated rings. The van der Waals surface area contributed by atoms with Crippen molar-refractivity contribution in [3.05, 3.63) is 24.3 Å². The summed E-state index contributed by atoms with van der Waals surface area (Å²) in [5.41, 5.74) is 0. The van der Waals surface area contributed by atoms with E-state index in [4.69, 9.17) is 5.11 Å². The number of aliphatic hydroxyl groups is 2. The van der Waals surface area contributed by atoms with Crippen LogP contribution in [0.5, 0.6) is 0 Å². The molecule has 0 aromatic carbocycles. The van der Waals surface area contributed by atoms with Crippen molar-refractivity contribution in [2.75, 3.05) is 0 Å². The molecule has 2 aliphatic carbocycles. The van der Waals surface area contributed by atoms with Gasteiger partial charge >= 0.3 is 5.97 Å². The van der Waals surface area contributed by atoms with Crippen LogP contribution in [0, 0.1) is 17.8 Å². The number of allylic oxidation sites excluding steroid dienone is 3. The first-order valence-electron chi connectivity index (χ1n) is 9.97. The summed E-state index contributed by atoms with van der Waals surface area (Å²) in [4.78, 5) is 10.5. The first kappa shape index (κ1) is 20.2. The van der Waals surface area contributed by atoms with E-state index in [0.29, 0.717) is 18.3 Å². The highest BCUT2D eigenvalue weighted by molar-refractivity contribution is 5.66. The third kappa shape index (κ3) is 7.33. The summed E-state index contributed by atoms with van der Waals surface area (Å²) < 4.78 is 0. The zero-order valence-corrected chi connectivity index (χ0v) is 15.2. The van der Waals surface area contributed by atoms with Gasteiger partial charge in [-0.1, -0.05) is 50.0 Å². The molecule has 0 amide bonds. The maximum absolute atomic E-state index is 10.5. The van der Waals surface area contributed by atoms with Gasteiger partial charge in [0.05, 0.1) is 12.2 Å². The lowest BCUT2D eigenvalue weighted by atomic mass is 9.90. The van der Waals surface area contributed by atoms with Crippen LogP contribution in [0.1, 0.15) is 70.6 Å². The van der Waals surface area contributed by atoms with Crippen LogP contribution < -0.4 is 0 Å². The van der Waals surface area contributed by atoms with Crippen molar-refractivity contribution < 1.29 is 20.1 Å². The van der Waals surface area contributed by atoms with E-state index in [1.807, 2.05) is 12.2 Å². The zero-order chi connectivity index (χ0) is 18.1. The zero-order valence-electron chi connectivity index (χ0n) is 15.2. The Bertz CT molecular complexity index is 451. The predicted molar refractivity (Wildman–Crippen MR) is 99.2 cm³/mol. The maximum Gasteiger partial charge on any atom is 0.303 e. The van der Waals surface area contributed by atoms with E-state index in [-0.39, 0.29) is 24.5 Å². The number of hydrogen-bond donors (Lipinski definition) is 3. The molecule has 2 aliphatic rings. The second-order valence-electron chi connectivity index (χ2n) is 7.80. The van der Waals surface area contributed by atoms with Crippen LogP contribution >= 0.6 is 0 Å². The van der Waals surface area contributed by atoms with Gasteiger partial charge in [-0.3, -0.25) is 4.79 Å². The molecule has 142 valence electrons. The molecule has 4 heteroatoms. The van der Waals surface area contributed by atoms with Crippen molar-refractivity contribution in [2.45, 2.75) is 82.8 Å². The van der Waals surface area contributed by atoms with E-state index in [2.05, 4.69) is 12.2 Å². The lowest BCUT2D eigenvalue weighted by Gasteiger charge is -2.19. The molecular formula is C21H34O4. The first-order valence-corrected chi connectivity index (χ1v) is 9.97. The molecule has 0 aromatic heterocycles. The van der Waals surface area contributed by atoms with Crippen LogP contribution in [0.3, 0.4) is 0 Å². The number of hydrogen-bond acceptors (Lipinski definition) is 3. The van der Waals surface area contributed by atoms with Gasteiger partial charge in [0, 0.05) is 6.42 Å². The molecule has 25 heavy (non-hydrogen) atoms. The average Bonchev–Trinajstić information content (AvgIpc) is 3.19. The van der Waals surface area contributed by atoms with E-state index in [1.165, 1.54) is 25.7 Å². The highest BCUT2D eigenvalue weighted by atomic mass is 16.4. The number of aliphatic hydroxyl groups excluding tert-OH is 2. The third-order valence-corrected chi connectivity index (χ3v) is 5.81. The lowest BCUT2D eigenvalue weighted by molar-refractivity contribution is -0.137. The molecule has 0 saturated heterocycles. The normalized spacial score (nSPS) is 29.1. The molecular weight excluding hydrogens is 316 g/mol. The largest absolute Gasteiger partial charge is 0.481 e. The van der Waals surface area contributed by atoms with Gasteiger partial charge in [0.1, 0.15) is 0 Å². The summed E-state index contributed by atoms with van der Waals surface area (Å²) in [5.74, 6) is 0.474. The quantitative estimate of drug-likeness (QED) is 0.410. The van der Waals surface area contributed by atoms with Gasteiger partial charge in [-0.05, 0) is 56.3 Å². The Hall–Kier alpha value is -1.13. The molecule has 0 spiro atoms. The fourth-order valence-electron chi connectivity index (χ4n) is 4.33. The molecule has 0 radical (unpaired) electrons. The van der Waals surface area contributed by atoms with Gasteiger partial charge in [0.2, 0.25) is 0 Å². The average molecular weight is 350 g/mol. The van der Waals surface area contributed by atoms with Gasteiger partial charge in [-0.15, -0.1) is 0 Å². The van der Waals surface area contributed by atoms with Crippen LogP contribution in [0.4, 0.5) is 0 Å². The Balaban J connectivity index is 1.73. The summed E-state index contributed by atoms with van der Waals surface area (Å²) in [6.45, 7) is 0. The monoisotopic (exact) mass is 350 g/mol. The van der Waals surface area contributed by atoms with Crippen LogP contribution in [0.15, 0.2) is 24.3 Å².